The number of nitrogens with one attached hydrogen (secondary N) is 1. The van der Waals surface area contributed by atoms with Crippen molar-refractivity contribution in [1.29, 1.82) is 0 Å². The Balaban J connectivity index is 1.31. The summed E-state index contributed by atoms with van der Waals surface area (Å²) in [7, 11) is 0. The molecule has 0 radical (unpaired) electrons. The number of thioether (sulfide) groups is 1. The number of rotatable bonds is 8. The highest BCUT2D eigenvalue weighted by Crippen LogP contribution is 2.65. The second-order valence-electron chi connectivity index (χ2n) is 8.69. The van der Waals surface area contributed by atoms with Gasteiger partial charge in [-0.15, -0.1) is 10.2 Å². The zero-order chi connectivity index (χ0) is 24.6. The van der Waals surface area contributed by atoms with Crippen LogP contribution in [0.5, 0.6) is 0 Å². The molecular formula is C24H22F2N4O4S. The van der Waals surface area contributed by atoms with Crippen LogP contribution in [-0.2, 0) is 32.3 Å². The maximum absolute atomic E-state index is 14.0. The minimum Gasteiger partial charge on any atom is -0.460 e. The van der Waals surface area contributed by atoms with Gasteiger partial charge in [-0.05, 0) is 24.5 Å². The maximum Gasteiger partial charge on any atom is 0.326 e. The van der Waals surface area contributed by atoms with Crippen LogP contribution in [0.2, 0.25) is 0 Å². The number of benzene rings is 2. The van der Waals surface area contributed by atoms with Crippen molar-refractivity contribution in [3.63, 3.8) is 0 Å². The van der Waals surface area contributed by atoms with Gasteiger partial charge >= 0.3 is 11.9 Å². The van der Waals surface area contributed by atoms with Gasteiger partial charge in [0.25, 0.3) is 0 Å². The first-order chi connectivity index (χ1) is 16.9. The van der Waals surface area contributed by atoms with Gasteiger partial charge in [-0.3, -0.25) is 9.59 Å². The fourth-order valence-corrected chi connectivity index (χ4v) is 6.21. The van der Waals surface area contributed by atoms with Gasteiger partial charge in [-0.1, -0.05) is 48.2 Å². The number of ether oxygens (including phenoxy) is 2. The van der Waals surface area contributed by atoms with Crippen LogP contribution in [0.15, 0.2) is 60.0 Å². The molecule has 2 aliphatic rings. The predicted octanol–water partition coefficient (Wildman–Crippen LogP) is 2.99. The standard InChI is InChI=1S/C24H22F2N4O4S/c25-15-7-3-1-5-13(15)10-33-21(31)19-18-17(35-23-28-12-29-30-23)9-24(27,20(18)19)22(32)34-11-14-6-2-4-8-16(14)26/h1-8,12,17-20H,9-11,27H2,(H,28,29,30)/t17-,18+,19+,20+,24+/m1/s1. The molecule has 35 heavy (non-hydrogen) atoms. The number of aromatic nitrogens is 3. The molecule has 8 nitrogen and oxygen atoms in total. The molecule has 0 bridgehead atoms. The molecular weight excluding hydrogens is 478 g/mol. The fraction of sp³-hybridized carbons (Fsp3) is 0.333. The van der Waals surface area contributed by atoms with E-state index in [-0.39, 0.29) is 41.9 Å². The van der Waals surface area contributed by atoms with Crippen LogP contribution in [-0.4, -0.2) is 37.9 Å². The lowest BCUT2D eigenvalue weighted by atomic mass is 9.91. The molecule has 5 rings (SSSR count). The molecule has 3 N–H and O–H groups in total. The van der Waals surface area contributed by atoms with E-state index < -0.39 is 40.9 Å². The van der Waals surface area contributed by atoms with Crippen LogP contribution >= 0.6 is 11.8 Å². The first-order valence-corrected chi connectivity index (χ1v) is 11.9. The average molecular weight is 501 g/mol. The Bertz CT molecular complexity index is 1240. The molecule has 182 valence electrons. The predicted molar refractivity (Wildman–Crippen MR) is 120 cm³/mol. The fourth-order valence-electron chi connectivity index (χ4n) is 4.86. The van der Waals surface area contributed by atoms with Gasteiger partial charge in [0.2, 0.25) is 0 Å². The van der Waals surface area contributed by atoms with Gasteiger partial charge < -0.3 is 20.2 Å². The van der Waals surface area contributed by atoms with E-state index in [4.69, 9.17) is 15.2 Å². The quantitative estimate of drug-likeness (QED) is 0.453. The van der Waals surface area contributed by atoms with Gasteiger partial charge in [0.15, 0.2) is 5.16 Å². The lowest BCUT2D eigenvalue weighted by Crippen LogP contribution is -2.51. The number of hydrogen-bond acceptors (Lipinski definition) is 8. The van der Waals surface area contributed by atoms with Crippen molar-refractivity contribution in [2.45, 2.75) is 35.6 Å². The summed E-state index contributed by atoms with van der Waals surface area (Å²) in [5, 5.41) is 8.03. The summed E-state index contributed by atoms with van der Waals surface area (Å²) in [6.45, 7) is -0.499. The highest BCUT2D eigenvalue weighted by molar-refractivity contribution is 7.99. The molecule has 2 fully saturated rings. The number of esters is 2. The van der Waals surface area contributed by atoms with Gasteiger partial charge in [0.05, 0.1) is 5.92 Å². The van der Waals surface area contributed by atoms with Crippen molar-refractivity contribution in [2.75, 3.05) is 0 Å². The van der Waals surface area contributed by atoms with Gasteiger partial charge in [0, 0.05) is 22.3 Å². The molecule has 0 spiro atoms. The highest BCUT2D eigenvalue weighted by atomic mass is 32.2. The Kier molecular flexibility index (Phi) is 6.28. The third-order valence-corrected chi connectivity index (χ3v) is 7.80. The summed E-state index contributed by atoms with van der Waals surface area (Å²) in [5.41, 5.74) is 5.59. The van der Waals surface area contributed by atoms with Crippen molar-refractivity contribution in [3.05, 3.63) is 77.6 Å². The van der Waals surface area contributed by atoms with Crippen LogP contribution in [0, 0.1) is 29.4 Å². The Morgan fingerprint density at radius 3 is 2.29 bits per heavy atom. The maximum atomic E-state index is 14.0. The molecule has 2 aromatic carbocycles. The third-order valence-electron chi connectivity index (χ3n) is 6.59. The molecule has 0 saturated heterocycles. The van der Waals surface area contributed by atoms with Crippen molar-refractivity contribution in [1.82, 2.24) is 15.2 Å². The Labute approximate surface area is 203 Å². The normalized spacial score (nSPS) is 26.7. The molecule has 2 saturated carbocycles. The number of aromatic amines is 1. The Morgan fingerprint density at radius 1 is 1.06 bits per heavy atom. The second-order valence-corrected chi connectivity index (χ2v) is 9.92. The molecule has 0 amide bonds. The van der Waals surface area contributed by atoms with E-state index in [1.165, 1.54) is 42.4 Å². The minimum absolute atomic E-state index is 0.225. The highest BCUT2D eigenvalue weighted by Gasteiger charge is 2.74. The average Bonchev–Trinajstić information content (AvgIpc) is 3.27. The second kappa shape index (κ2) is 9.38. The lowest BCUT2D eigenvalue weighted by molar-refractivity contribution is -0.153. The minimum atomic E-state index is -1.46. The topological polar surface area (TPSA) is 120 Å². The van der Waals surface area contributed by atoms with Crippen molar-refractivity contribution in [2.24, 2.45) is 23.5 Å². The van der Waals surface area contributed by atoms with E-state index in [0.29, 0.717) is 5.16 Å². The molecule has 3 aromatic rings. The van der Waals surface area contributed by atoms with Crippen LogP contribution in [0.1, 0.15) is 17.5 Å². The summed E-state index contributed by atoms with van der Waals surface area (Å²) >= 11 is 1.34. The molecule has 1 heterocycles. The molecule has 2 aliphatic carbocycles. The first kappa shape index (κ1) is 23.4. The van der Waals surface area contributed by atoms with Crippen LogP contribution in [0.4, 0.5) is 8.78 Å². The number of H-pyrrole nitrogens is 1. The third kappa shape index (κ3) is 4.53. The van der Waals surface area contributed by atoms with Crippen LogP contribution in [0.3, 0.4) is 0 Å². The van der Waals surface area contributed by atoms with Crippen molar-refractivity contribution in [3.8, 4) is 0 Å². The van der Waals surface area contributed by atoms with E-state index in [9.17, 15) is 18.4 Å². The number of nitrogens with zero attached hydrogens (tertiary/aromatic N) is 2. The molecule has 0 unspecified atom stereocenters. The summed E-state index contributed by atoms with van der Waals surface area (Å²) in [5.74, 6) is -3.66. The summed E-state index contributed by atoms with van der Waals surface area (Å²) in [6.07, 6.45) is 1.67. The van der Waals surface area contributed by atoms with Gasteiger partial charge in [-0.25, -0.2) is 8.78 Å². The van der Waals surface area contributed by atoms with Gasteiger partial charge in [0.1, 0.15) is 36.7 Å². The summed E-state index contributed by atoms with van der Waals surface area (Å²) < 4.78 is 38.7. The summed E-state index contributed by atoms with van der Waals surface area (Å²) in [6, 6.07) is 12.0. The van der Waals surface area contributed by atoms with E-state index in [0.717, 1.165) is 0 Å². The number of halogens is 2. The number of carbonyl (C=O) groups is 2. The van der Waals surface area contributed by atoms with E-state index >= 15 is 0 Å². The van der Waals surface area contributed by atoms with Crippen molar-refractivity contribution >= 4 is 23.7 Å². The summed E-state index contributed by atoms with van der Waals surface area (Å²) in [4.78, 5) is 28.9. The smallest absolute Gasteiger partial charge is 0.326 e. The molecule has 5 atom stereocenters. The van der Waals surface area contributed by atoms with Crippen LogP contribution < -0.4 is 5.73 Å². The van der Waals surface area contributed by atoms with E-state index in [1.54, 1.807) is 24.3 Å². The van der Waals surface area contributed by atoms with Crippen LogP contribution in [0.25, 0.3) is 0 Å². The number of fused-ring (bicyclic) bond motifs is 1. The number of nitrogens with two attached hydrogens (primary N) is 1. The number of carbonyl (C=O) groups excluding carboxylic acids is 2. The van der Waals surface area contributed by atoms with E-state index in [1.807, 2.05) is 0 Å². The molecule has 0 aliphatic heterocycles. The van der Waals surface area contributed by atoms with Gasteiger partial charge in [-0.2, -0.15) is 0 Å². The lowest BCUT2D eigenvalue weighted by Gasteiger charge is -2.27. The van der Waals surface area contributed by atoms with Crippen molar-refractivity contribution < 1.29 is 27.8 Å². The Hall–Kier alpha value is -3.31. The first-order valence-electron chi connectivity index (χ1n) is 11.0. The zero-order valence-corrected chi connectivity index (χ0v) is 19.2. The Morgan fingerprint density at radius 2 is 1.69 bits per heavy atom. The number of hydrogen-bond donors (Lipinski definition) is 2. The molecule has 11 heteroatoms. The zero-order valence-electron chi connectivity index (χ0n) is 18.4. The van der Waals surface area contributed by atoms with E-state index in [2.05, 4.69) is 15.2 Å². The SMILES string of the molecule is N[C@@]1(C(=O)OCc2ccccc2F)C[C@@H](Sc2nnc[nH]2)[C@H]2[C@H](C(=O)OCc3ccccc3F)[C@H]21. The molecule has 1 aromatic heterocycles. The largest absolute Gasteiger partial charge is 0.460 e. The monoisotopic (exact) mass is 500 g/mol.